The number of aromatic nitrogens is 2. The van der Waals surface area contributed by atoms with E-state index >= 15 is 0 Å². The zero-order valence-corrected chi connectivity index (χ0v) is 15.2. The van der Waals surface area contributed by atoms with Crippen molar-refractivity contribution in [3.8, 4) is 11.8 Å². The Kier molecular flexibility index (Phi) is 5.59. The fraction of sp³-hybridized carbons (Fsp3) is 0.167. The smallest absolute Gasteiger partial charge is 0.221 e. The second-order valence-electron chi connectivity index (χ2n) is 4.33. The second kappa shape index (κ2) is 6.90. The van der Waals surface area contributed by atoms with Crippen molar-refractivity contribution in [1.82, 2.24) is 9.78 Å². The average molecular weight is 485 g/mol. The van der Waals surface area contributed by atoms with Crippen LogP contribution in [-0.2, 0) is 6.18 Å². The summed E-state index contributed by atoms with van der Waals surface area (Å²) in [7, 11) is 0. The van der Waals surface area contributed by atoms with Gasteiger partial charge in [0.1, 0.15) is 16.4 Å². The first-order valence-electron chi connectivity index (χ1n) is 5.86. The molecule has 0 aliphatic rings. The quantitative estimate of drug-likeness (QED) is 0.363. The van der Waals surface area contributed by atoms with Crippen molar-refractivity contribution in [2.75, 3.05) is 0 Å². The highest BCUT2D eigenvalue weighted by Crippen LogP contribution is 2.44. The maximum atomic E-state index is 12.7. The lowest BCUT2D eigenvalue weighted by atomic mass is 10.2. The third-order valence-corrected chi connectivity index (χ3v) is 5.06. The van der Waals surface area contributed by atoms with Crippen molar-refractivity contribution < 1.29 is 26.3 Å². The summed E-state index contributed by atoms with van der Waals surface area (Å²) in [6, 6.07) is 2.58. The van der Waals surface area contributed by atoms with Crippen LogP contribution >= 0.6 is 50.9 Å². The molecule has 0 spiro atoms. The van der Waals surface area contributed by atoms with Crippen LogP contribution in [0.15, 0.2) is 21.6 Å². The van der Waals surface area contributed by atoms with E-state index < -0.39 is 49.6 Å². The number of halogens is 9. The molecule has 0 aliphatic heterocycles. The van der Waals surface area contributed by atoms with Crippen molar-refractivity contribution in [2.45, 2.75) is 16.6 Å². The van der Waals surface area contributed by atoms with Crippen molar-refractivity contribution in [3.05, 3.63) is 38.0 Å². The number of thioether (sulfide) groups is 1. The van der Waals surface area contributed by atoms with Gasteiger partial charge in [0.2, 0.25) is 0 Å². The average Bonchev–Trinajstić information content (AvgIpc) is 2.73. The summed E-state index contributed by atoms with van der Waals surface area (Å²) < 4.78 is 76.5. The fourth-order valence-electron chi connectivity index (χ4n) is 1.74. The first kappa shape index (κ1) is 20.2. The predicted molar refractivity (Wildman–Crippen MR) is 82.9 cm³/mol. The molecule has 0 saturated carbocycles. The molecule has 25 heavy (non-hydrogen) atoms. The molecule has 0 atom stereocenters. The molecule has 0 bridgehead atoms. The third-order valence-electron chi connectivity index (χ3n) is 2.67. The van der Waals surface area contributed by atoms with Gasteiger partial charge in [-0.05, 0) is 39.8 Å². The molecule has 0 aliphatic carbocycles. The van der Waals surface area contributed by atoms with Gasteiger partial charge in [-0.3, -0.25) is 0 Å². The number of hydrogen-bond acceptors (Lipinski definition) is 3. The highest BCUT2D eigenvalue weighted by molar-refractivity contribution is 9.10. The molecule has 0 N–H and O–H groups in total. The van der Waals surface area contributed by atoms with E-state index in [-0.39, 0.29) is 10.3 Å². The molecule has 1 aromatic carbocycles. The van der Waals surface area contributed by atoms with Crippen molar-refractivity contribution >= 4 is 50.9 Å². The minimum Gasteiger partial charge on any atom is -0.221 e. The molecule has 13 heteroatoms. The number of nitrogens with zero attached hydrogens (tertiary/aromatic N) is 3. The number of alkyl halides is 6. The van der Waals surface area contributed by atoms with Crippen LogP contribution in [0.4, 0.5) is 26.3 Å². The van der Waals surface area contributed by atoms with Gasteiger partial charge in [0, 0.05) is 0 Å². The van der Waals surface area contributed by atoms with Crippen molar-refractivity contribution in [3.63, 3.8) is 0 Å². The Hall–Kier alpha value is -1.09. The van der Waals surface area contributed by atoms with Gasteiger partial charge in [-0.2, -0.15) is 36.7 Å². The molecule has 3 nitrogen and oxygen atoms in total. The van der Waals surface area contributed by atoms with Gasteiger partial charge >= 0.3 is 11.7 Å². The van der Waals surface area contributed by atoms with Crippen LogP contribution in [0.3, 0.4) is 0 Å². The molecule has 1 aromatic heterocycles. The zero-order valence-electron chi connectivity index (χ0n) is 11.3. The predicted octanol–water partition coefficient (Wildman–Crippen LogP) is 6.44. The van der Waals surface area contributed by atoms with E-state index in [4.69, 9.17) is 28.5 Å². The van der Waals surface area contributed by atoms with Crippen LogP contribution in [0.2, 0.25) is 10.0 Å². The summed E-state index contributed by atoms with van der Waals surface area (Å²) in [5.74, 6) is 0. The van der Waals surface area contributed by atoms with E-state index in [1.807, 2.05) is 0 Å². The Labute approximate surface area is 158 Å². The van der Waals surface area contributed by atoms with Crippen LogP contribution in [0.25, 0.3) is 5.69 Å². The molecule has 134 valence electrons. The van der Waals surface area contributed by atoms with Crippen LogP contribution in [0, 0.1) is 11.3 Å². The molecule has 0 unspecified atom stereocenters. The number of rotatable bonds is 2. The number of benzene rings is 1. The first-order chi connectivity index (χ1) is 11.3. The summed E-state index contributed by atoms with van der Waals surface area (Å²) in [5, 5.41) is 11.6. The van der Waals surface area contributed by atoms with E-state index in [1.165, 1.54) is 6.07 Å². The molecule has 2 aromatic rings. The van der Waals surface area contributed by atoms with Crippen molar-refractivity contribution in [2.24, 2.45) is 0 Å². The molecule has 0 amide bonds. The van der Waals surface area contributed by atoms with E-state index in [0.29, 0.717) is 12.1 Å². The molecule has 1 heterocycles. The summed E-state index contributed by atoms with van der Waals surface area (Å²) in [6.45, 7) is 0. The highest BCUT2D eigenvalue weighted by atomic mass is 79.9. The lowest BCUT2D eigenvalue weighted by molar-refractivity contribution is -0.137. The fourth-order valence-corrected chi connectivity index (χ4v) is 3.66. The second-order valence-corrected chi connectivity index (χ2v) is 6.97. The Bertz CT molecular complexity index is 848. The SMILES string of the molecule is N#Cc1nn(-c2c(Cl)cc(C(F)(F)F)cc2Cl)c(Br)c1SC(F)(F)F. The molecule has 2 rings (SSSR count). The lowest BCUT2D eigenvalue weighted by Gasteiger charge is -2.13. The van der Waals surface area contributed by atoms with Gasteiger partial charge in [0.05, 0.1) is 20.5 Å². The van der Waals surface area contributed by atoms with Crippen LogP contribution < -0.4 is 0 Å². The minimum absolute atomic E-state index is 0.297. The van der Waals surface area contributed by atoms with E-state index in [9.17, 15) is 26.3 Å². The van der Waals surface area contributed by atoms with E-state index in [1.54, 1.807) is 0 Å². The summed E-state index contributed by atoms with van der Waals surface area (Å²) in [5.41, 5.74) is -6.75. The van der Waals surface area contributed by atoms with Crippen LogP contribution in [0.5, 0.6) is 0 Å². The first-order valence-corrected chi connectivity index (χ1v) is 8.22. The molecule has 0 saturated heterocycles. The van der Waals surface area contributed by atoms with E-state index in [2.05, 4.69) is 21.0 Å². The van der Waals surface area contributed by atoms with Crippen LogP contribution in [-0.4, -0.2) is 15.3 Å². The molecular formula is C12H2BrCl2F6N3S. The monoisotopic (exact) mass is 483 g/mol. The standard InChI is InChI=1S/C12H2BrCl2F6N3S/c13-10-9(25-12(19,20)21)7(3-22)23-24(10)8-5(14)1-4(2-6(8)15)11(16,17)18/h1-2H. The largest absolute Gasteiger partial charge is 0.446 e. The summed E-state index contributed by atoms with van der Waals surface area (Å²) in [6.07, 6.45) is -4.72. The Morgan fingerprint density at radius 2 is 1.64 bits per heavy atom. The topological polar surface area (TPSA) is 41.6 Å². The zero-order chi connectivity index (χ0) is 19.2. The van der Waals surface area contributed by atoms with Crippen LogP contribution in [0.1, 0.15) is 11.3 Å². The van der Waals surface area contributed by atoms with Gasteiger partial charge in [0.25, 0.3) is 0 Å². The van der Waals surface area contributed by atoms with Gasteiger partial charge < -0.3 is 0 Å². The normalized spacial score (nSPS) is 12.3. The summed E-state index contributed by atoms with van der Waals surface area (Å²) in [4.78, 5) is -0.568. The summed E-state index contributed by atoms with van der Waals surface area (Å²) >= 11 is 13.9. The van der Waals surface area contributed by atoms with Crippen molar-refractivity contribution in [1.29, 1.82) is 5.26 Å². The molecule has 0 radical (unpaired) electrons. The third kappa shape index (κ3) is 4.36. The van der Waals surface area contributed by atoms with Gasteiger partial charge in [-0.15, -0.1) is 0 Å². The van der Waals surface area contributed by atoms with Gasteiger partial charge in [-0.1, -0.05) is 23.2 Å². The minimum atomic E-state index is -4.72. The van der Waals surface area contributed by atoms with Gasteiger partial charge in [-0.25, -0.2) is 4.68 Å². The lowest BCUT2D eigenvalue weighted by Crippen LogP contribution is -2.07. The molecule has 0 fully saturated rings. The maximum Gasteiger partial charge on any atom is 0.446 e. The number of hydrogen-bond donors (Lipinski definition) is 0. The highest BCUT2D eigenvalue weighted by Gasteiger charge is 2.36. The maximum absolute atomic E-state index is 12.7. The Morgan fingerprint density at radius 3 is 2.04 bits per heavy atom. The Morgan fingerprint density at radius 1 is 1.12 bits per heavy atom. The number of nitriles is 1. The van der Waals surface area contributed by atoms with Gasteiger partial charge in [0.15, 0.2) is 5.69 Å². The Balaban J connectivity index is 2.66. The molecular weight excluding hydrogens is 483 g/mol. The van der Waals surface area contributed by atoms with E-state index in [0.717, 1.165) is 4.68 Å².